The number of nitrogens with zero attached hydrogens (tertiary/aromatic N) is 1. The van der Waals surface area contributed by atoms with Gasteiger partial charge in [-0.2, -0.15) is 0 Å². The van der Waals surface area contributed by atoms with Gasteiger partial charge in [0.25, 0.3) is 10.0 Å². The summed E-state index contributed by atoms with van der Waals surface area (Å²) in [5.74, 6) is -1.29. The van der Waals surface area contributed by atoms with Gasteiger partial charge in [-0.3, -0.25) is 9.10 Å². The van der Waals surface area contributed by atoms with Crippen LogP contribution >= 0.6 is 11.6 Å². The van der Waals surface area contributed by atoms with Crippen LogP contribution in [0.1, 0.15) is 0 Å². The van der Waals surface area contributed by atoms with Crippen molar-refractivity contribution in [1.82, 2.24) is 0 Å². The van der Waals surface area contributed by atoms with Crippen LogP contribution in [0.3, 0.4) is 0 Å². The molecule has 0 aliphatic rings. The Labute approximate surface area is 167 Å². The fourth-order valence-electron chi connectivity index (χ4n) is 2.52. The lowest BCUT2D eigenvalue weighted by atomic mass is 10.3. The zero-order valence-corrected chi connectivity index (χ0v) is 16.1. The number of sulfonamides is 1. The number of carbonyl (C=O) groups is 1. The van der Waals surface area contributed by atoms with Crippen LogP contribution in [-0.4, -0.2) is 20.9 Å². The predicted octanol–water partition coefficient (Wildman–Crippen LogP) is 4.31. The second-order valence-electron chi connectivity index (χ2n) is 5.83. The Balaban J connectivity index is 1.94. The van der Waals surface area contributed by atoms with E-state index in [1.165, 1.54) is 54.6 Å². The van der Waals surface area contributed by atoms with Crippen LogP contribution in [0.2, 0.25) is 5.02 Å². The highest BCUT2D eigenvalue weighted by Gasteiger charge is 2.27. The van der Waals surface area contributed by atoms with Crippen molar-refractivity contribution in [2.24, 2.45) is 0 Å². The third-order valence-electron chi connectivity index (χ3n) is 3.88. The number of carbonyl (C=O) groups excluding carboxylic acids is 1. The van der Waals surface area contributed by atoms with E-state index in [-0.39, 0.29) is 16.3 Å². The maximum Gasteiger partial charge on any atom is 0.264 e. The van der Waals surface area contributed by atoms with Gasteiger partial charge in [-0.1, -0.05) is 41.9 Å². The van der Waals surface area contributed by atoms with Crippen LogP contribution in [0.5, 0.6) is 0 Å². The van der Waals surface area contributed by atoms with Gasteiger partial charge >= 0.3 is 0 Å². The number of hydrogen-bond donors (Lipinski definition) is 1. The van der Waals surface area contributed by atoms with Crippen LogP contribution in [0.4, 0.5) is 15.8 Å². The molecule has 3 aromatic carbocycles. The molecule has 0 fully saturated rings. The minimum absolute atomic E-state index is 0.0272. The standard InChI is InChI=1S/C20H16ClFN2O3S/c21-15-10-12-16(13-11-15)24(28(26,27)17-6-2-1-3-7-17)14-20(25)23-19-9-5-4-8-18(19)22/h1-13H,14H2,(H,23,25). The second-order valence-corrected chi connectivity index (χ2v) is 8.13. The first kappa shape index (κ1) is 19.9. The minimum Gasteiger partial charge on any atom is -0.322 e. The van der Waals surface area contributed by atoms with E-state index in [1.807, 2.05) is 0 Å². The van der Waals surface area contributed by atoms with Crippen LogP contribution in [0, 0.1) is 5.82 Å². The van der Waals surface area contributed by atoms with Gasteiger partial charge in [0.05, 0.1) is 16.3 Å². The molecule has 144 valence electrons. The molecule has 1 N–H and O–H groups in total. The van der Waals surface area contributed by atoms with Crippen LogP contribution in [0.15, 0.2) is 83.8 Å². The molecule has 0 bridgehead atoms. The monoisotopic (exact) mass is 418 g/mol. The smallest absolute Gasteiger partial charge is 0.264 e. The van der Waals surface area contributed by atoms with Crippen molar-refractivity contribution in [2.75, 3.05) is 16.2 Å². The van der Waals surface area contributed by atoms with Gasteiger partial charge in [-0.05, 0) is 48.5 Å². The Hall–Kier alpha value is -2.90. The summed E-state index contributed by atoms with van der Waals surface area (Å²) in [5.41, 5.74) is 0.234. The van der Waals surface area contributed by atoms with Gasteiger partial charge in [-0.25, -0.2) is 12.8 Å². The fourth-order valence-corrected chi connectivity index (χ4v) is 4.09. The Bertz CT molecular complexity index is 1070. The molecular formula is C20H16ClFN2O3S. The molecule has 3 rings (SSSR count). The summed E-state index contributed by atoms with van der Waals surface area (Å²) in [7, 11) is -4.03. The molecule has 3 aromatic rings. The molecule has 0 unspecified atom stereocenters. The van der Waals surface area contributed by atoms with Crippen LogP contribution in [0.25, 0.3) is 0 Å². The summed E-state index contributed by atoms with van der Waals surface area (Å²) in [6.45, 7) is -0.535. The molecular weight excluding hydrogens is 403 g/mol. The van der Waals surface area contributed by atoms with Crippen LogP contribution < -0.4 is 9.62 Å². The van der Waals surface area contributed by atoms with E-state index in [0.29, 0.717) is 5.02 Å². The number of nitrogens with one attached hydrogen (secondary N) is 1. The number of para-hydroxylation sites is 1. The van der Waals surface area contributed by atoms with Crippen molar-refractivity contribution in [2.45, 2.75) is 4.90 Å². The van der Waals surface area contributed by atoms with E-state index < -0.39 is 28.3 Å². The predicted molar refractivity (Wildman–Crippen MR) is 107 cm³/mol. The van der Waals surface area contributed by atoms with Crippen molar-refractivity contribution in [3.8, 4) is 0 Å². The Morgan fingerprint density at radius 1 is 0.929 bits per heavy atom. The van der Waals surface area contributed by atoms with Crippen molar-refractivity contribution >= 4 is 38.9 Å². The third kappa shape index (κ3) is 4.49. The lowest BCUT2D eigenvalue weighted by Gasteiger charge is -2.24. The molecule has 0 radical (unpaired) electrons. The molecule has 28 heavy (non-hydrogen) atoms. The molecule has 0 saturated carbocycles. The highest BCUT2D eigenvalue weighted by atomic mass is 35.5. The van der Waals surface area contributed by atoms with E-state index in [4.69, 9.17) is 11.6 Å². The maximum atomic E-state index is 13.8. The quantitative estimate of drug-likeness (QED) is 0.648. The summed E-state index contributed by atoms with van der Waals surface area (Å²) in [6, 6.07) is 19.5. The number of halogens is 2. The molecule has 0 aromatic heterocycles. The zero-order valence-electron chi connectivity index (χ0n) is 14.5. The normalized spacial score (nSPS) is 11.1. The van der Waals surface area contributed by atoms with Crippen molar-refractivity contribution in [3.63, 3.8) is 0 Å². The Kier molecular flexibility index (Phi) is 5.96. The Morgan fingerprint density at radius 2 is 1.54 bits per heavy atom. The average molecular weight is 419 g/mol. The molecule has 0 spiro atoms. The number of amides is 1. The first-order valence-electron chi connectivity index (χ1n) is 8.25. The molecule has 0 atom stereocenters. The number of anilines is 2. The van der Waals surface area contributed by atoms with Crippen LogP contribution in [-0.2, 0) is 14.8 Å². The average Bonchev–Trinajstić information content (AvgIpc) is 2.69. The molecule has 0 aliphatic carbocycles. The fraction of sp³-hybridized carbons (Fsp3) is 0.0500. The summed E-state index contributed by atoms with van der Waals surface area (Å²) in [4.78, 5) is 12.5. The van der Waals surface area contributed by atoms with E-state index in [0.717, 1.165) is 4.31 Å². The maximum absolute atomic E-state index is 13.8. The van der Waals surface area contributed by atoms with Gasteiger partial charge in [0.15, 0.2) is 0 Å². The Morgan fingerprint density at radius 3 is 2.18 bits per heavy atom. The largest absolute Gasteiger partial charge is 0.322 e. The van der Waals surface area contributed by atoms with Crippen molar-refractivity contribution < 1.29 is 17.6 Å². The lowest BCUT2D eigenvalue weighted by Crippen LogP contribution is -2.38. The SMILES string of the molecule is O=C(CN(c1ccc(Cl)cc1)S(=O)(=O)c1ccccc1)Nc1ccccc1F. The van der Waals surface area contributed by atoms with Gasteiger partial charge in [0.1, 0.15) is 12.4 Å². The van der Waals surface area contributed by atoms with E-state index in [9.17, 15) is 17.6 Å². The first-order chi connectivity index (χ1) is 13.4. The third-order valence-corrected chi connectivity index (χ3v) is 5.92. The second kappa shape index (κ2) is 8.41. The van der Waals surface area contributed by atoms with Gasteiger partial charge < -0.3 is 5.32 Å². The molecule has 0 heterocycles. The lowest BCUT2D eigenvalue weighted by molar-refractivity contribution is -0.114. The summed E-state index contributed by atoms with van der Waals surface area (Å²) in [6.07, 6.45) is 0. The summed E-state index contributed by atoms with van der Waals surface area (Å²) in [5, 5.41) is 2.83. The molecule has 1 amide bonds. The number of hydrogen-bond acceptors (Lipinski definition) is 3. The van der Waals surface area contributed by atoms with Crippen molar-refractivity contribution in [3.05, 3.63) is 89.7 Å². The molecule has 0 saturated heterocycles. The van der Waals surface area contributed by atoms with E-state index in [1.54, 1.807) is 24.3 Å². The molecule has 8 heteroatoms. The summed E-state index contributed by atoms with van der Waals surface area (Å²) >= 11 is 5.89. The first-order valence-corrected chi connectivity index (χ1v) is 10.1. The number of benzene rings is 3. The summed E-state index contributed by atoms with van der Waals surface area (Å²) < 4.78 is 41.0. The van der Waals surface area contributed by atoms with E-state index in [2.05, 4.69) is 5.32 Å². The minimum atomic E-state index is -4.03. The molecule has 0 aliphatic heterocycles. The number of rotatable bonds is 6. The van der Waals surface area contributed by atoms with Crippen molar-refractivity contribution in [1.29, 1.82) is 0 Å². The highest BCUT2D eigenvalue weighted by molar-refractivity contribution is 7.92. The van der Waals surface area contributed by atoms with E-state index >= 15 is 0 Å². The van der Waals surface area contributed by atoms with Gasteiger partial charge in [0, 0.05) is 5.02 Å². The topological polar surface area (TPSA) is 66.5 Å². The van der Waals surface area contributed by atoms with Gasteiger partial charge in [0.2, 0.25) is 5.91 Å². The molecule has 5 nitrogen and oxygen atoms in total. The highest BCUT2D eigenvalue weighted by Crippen LogP contribution is 2.25. The zero-order chi connectivity index (χ0) is 20.1. The van der Waals surface area contributed by atoms with Gasteiger partial charge in [-0.15, -0.1) is 0 Å².